The second-order valence-corrected chi connectivity index (χ2v) is 8.30. The van der Waals surface area contributed by atoms with Gasteiger partial charge in [0.1, 0.15) is 24.3 Å². The Morgan fingerprint density at radius 1 is 1.03 bits per heavy atom. The number of aliphatic hydroxyl groups excluding tert-OH is 1. The van der Waals surface area contributed by atoms with Gasteiger partial charge in [-0.25, -0.2) is 14.6 Å². The van der Waals surface area contributed by atoms with Gasteiger partial charge in [-0.2, -0.15) is 9.97 Å². The molecule has 184 valence electrons. The number of halogens is 1. The van der Waals surface area contributed by atoms with Gasteiger partial charge in [-0.1, -0.05) is 36.4 Å². The van der Waals surface area contributed by atoms with Crippen LogP contribution in [0.2, 0.25) is 5.28 Å². The van der Waals surface area contributed by atoms with Gasteiger partial charge in [0.15, 0.2) is 23.8 Å². The van der Waals surface area contributed by atoms with Crippen LogP contribution in [0.1, 0.15) is 26.9 Å². The zero-order valence-electron chi connectivity index (χ0n) is 18.6. The van der Waals surface area contributed by atoms with E-state index in [0.717, 1.165) is 0 Å². The summed E-state index contributed by atoms with van der Waals surface area (Å²) in [6.07, 6.45) is -3.29. The molecule has 1 aliphatic rings. The average molecular weight is 510 g/mol. The number of nitrogens with zero attached hydrogens (tertiary/aromatic N) is 4. The number of benzene rings is 2. The molecule has 12 heteroatoms. The van der Waals surface area contributed by atoms with E-state index in [-0.39, 0.29) is 34.4 Å². The van der Waals surface area contributed by atoms with Crippen LogP contribution in [0.15, 0.2) is 67.0 Å². The van der Waals surface area contributed by atoms with E-state index in [1.54, 1.807) is 60.7 Å². The van der Waals surface area contributed by atoms with Crippen LogP contribution in [0.5, 0.6) is 0 Å². The van der Waals surface area contributed by atoms with Gasteiger partial charge in [0.05, 0.1) is 17.5 Å². The second kappa shape index (κ2) is 9.90. The van der Waals surface area contributed by atoms with Gasteiger partial charge in [-0.3, -0.25) is 4.57 Å². The molecule has 0 saturated carbocycles. The van der Waals surface area contributed by atoms with Crippen LogP contribution in [0.25, 0.3) is 11.2 Å². The number of hydrogen-bond donors (Lipinski definition) is 2. The molecule has 2 aromatic heterocycles. The maximum Gasteiger partial charge on any atom is 0.338 e. The fraction of sp³-hybridized carbons (Fsp3) is 0.208. The Morgan fingerprint density at radius 2 is 1.67 bits per heavy atom. The van der Waals surface area contributed by atoms with Gasteiger partial charge in [0, 0.05) is 0 Å². The number of rotatable bonds is 6. The largest absolute Gasteiger partial charge is 0.459 e. The minimum absolute atomic E-state index is 0.0495. The number of carbonyl (C=O) groups is 2. The molecule has 1 aliphatic heterocycles. The van der Waals surface area contributed by atoms with Gasteiger partial charge in [-0.05, 0) is 35.9 Å². The highest BCUT2D eigenvalue weighted by atomic mass is 35.5. The molecular formula is C24H20ClN5O6. The standard InChI is InChI=1S/C24H20ClN5O6/c25-24-28-19(26)16-20(29-24)30(12-27-16)21-18(36-23(33)14-9-5-2-6-10-14)17(31)15(35-21)11-34-22(32)13-7-3-1-4-8-13/h1-10,12,15,17-18,21,31H,11H2,(H2,26,28,29)/t15-,17-,18-,21-/m1/s1. The number of imidazole rings is 1. The summed E-state index contributed by atoms with van der Waals surface area (Å²) in [6, 6.07) is 16.7. The van der Waals surface area contributed by atoms with Crippen LogP contribution in [-0.4, -0.2) is 61.5 Å². The summed E-state index contributed by atoms with van der Waals surface area (Å²) in [7, 11) is 0. The quantitative estimate of drug-likeness (QED) is 0.292. The van der Waals surface area contributed by atoms with Crippen molar-refractivity contribution >= 4 is 40.5 Å². The van der Waals surface area contributed by atoms with Crippen molar-refractivity contribution in [3.05, 3.63) is 83.4 Å². The van der Waals surface area contributed by atoms with Crippen molar-refractivity contribution in [2.45, 2.75) is 24.5 Å². The van der Waals surface area contributed by atoms with E-state index in [4.69, 9.17) is 31.5 Å². The predicted molar refractivity (Wildman–Crippen MR) is 127 cm³/mol. The van der Waals surface area contributed by atoms with E-state index in [1.165, 1.54) is 10.9 Å². The topological polar surface area (TPSA) is 152 Å². The normalized spacial score (nSPS) is 21.4. The van der Waals surface area contributed by atoms with E-state index >= 15 is 0 Å². The van der Waals surface area contributed by atoms with E-state index in [1.807, 2.05) is 0 Å². The SMILES string of the molecule is Nc1nc(Cl)nc2c1ncn2[C@@H]1O[C@H](COC(=O)c2ccccc2)[C@@H](O)[C@H]1OC(=O)c1ccccc1. The number of aliphatic hydroxyl groups is 1. The molecule has 0 radical (unpaired) electrons. The molecule has 1 saturated heterocycles. The van der Waals surface area contributed by atoms with E-state index in [2.05, 4.69) is 15.0 Å². The molecule has 3 N–H and O–H groups in total. The summed E-state index contributed by atoms with van der Waals surface area (Å²) >= 11 is 5.98. The summed E-state index contributed by atoms with van der Waals surface area (Å²) in [6.45, 7) is -0.296. The number of esters is 2. The van der Waals surface area contributed by atoms with Gasteiger partial charge in [-0.15, -0.1) is 0 Å². The molecule has 0 bridgehead atoms. The fourth-order valence-electron chi connectivity index (χ4n) is 3.89. The lowest BCUT2D eigenvalue weighted by molar-refractivity contribution is -0.0601. The van der Waals surface area contributed by atoms with Crippen LogP contribution >= 0.6 is 11.6 Å². The van der Waals surface area contributed by atoms with Crippen LogP contribution in [-0.2, 0) is 14.2 Å². The Hall–Kier alpha value is -4.06. The lowest BCUT2D eigenvalue weighted by Crippen LogP contribution is -2.37. The third kappa shape index (κ3) is 4.59. The van der Waals surface area contributed by atoms with Crippen LogP contribution in [0.3, 0.4) is 0 Å². The minimum atomic E-state index is -1.35. The number of carbonyl (C=O) groups excluding carboxylic acids is 2. The monoisotopic (exact) mass is 509 g/mol. The van der Waals surface area contributed by atoms with Gasteiger partial charge < -0.3 is 25.1 Å². The third-order valence-electron chi connectivity index (χ3n) is 5.65. The summed E-state index contributed by atoms with van der Waals surface area (Å²) in [4.78, 5) is 37.5. The lowest BCUT2D eigenvalue weighted by atomic mass is 10.1. The van der Waals surface area contributed by atoms with Crippen molar-refractivity contribution in [1.82, 2.24) is 19.5 Å². The molecule has 3 heterocycles. The Kier molecular flexibility index (Phi) is 6.51. The van der Waals surface area contributed by atoms with E-state index in [0.29, 0.717) is 5.56 Å². The molecule has 0 amide bonds. The van der Waals surface area contributed by atoms with Crippen molar-refractivity contribution in [3.63, 3.8) is 0 Å². The zero-order chi connectivity index (χ0) is 25.2. The Balaban J connectivity index is 1.43. The minimum Gasteiger partial charge on any atom is -0.459 e. The van der Waals surface area contributed by atoms with E-state index < -0.39 is 36.5 Å². The molecule has 2 aromatic carbocycles. The first-order valence-corrected chi connectivity index (χ1v) is 11.3. The van der Waals surface area contributed by atoms with Crippen LogP contribution in [0, 0.1) is 0 Å². The summed E-state index contributed by atoms with van der Waals surface area (Å²) in [5.74, 6) is -1.21. The highest BCUT2D eigenvalue weighted by molar-refractivity contribution is 6.28. The molecule has 4 aromatic rings. The molecule has 1 fully saturated rings. The number of fused-ring (bicyclic) bond motifs is 1. The summed E-state index contributed by atoms with van der Waals surface area (Å²) in [5.41, 5.74) is 7.00. The average Bonchev–Trinajstić information content (AvgIpc) is 3.44. The zero-order valence-corrected chi connectivity index (χ0v) is 19.4. The smallest absolute Gasteiger partial charge is 0.338 e. The number of ether oxygens (including phenoxy) is 3. The molecule has 36 heavy (non-hydrogen) atoms. The highest BCUT2D eigenvalue weighted by Crippen LogP contribution is 2.35. The molecule has 11 nitrogen and oxygen atoms in total. The Morgan fingerprint density at radius 3 is 2.33 bits per heavy atom. The number of nitrogens with two attached hydrogens (primary N) is 1. The first-order valence-electron chi connectivity index (χ1n) is 10.9. The molecule has 0 spiro atoms. The summed E-state index contributed by atoms with van der Waals surface area (Å²) < 4.78 is 18.5. The lowest BCUT2D eigenvalue weighted by Gasteiger charge is -2.22. The number of aromatic nitrogens is 4. The predicted octanol–water partition coefficient (Wildman–Crippen LogP) is 2.40. The molecule has 0 aliphatic carbocycles. The number of anilines is 1. The van der Waals surface area contributed by atoms with Crippen LogP contribution < -0.4 is 5.73 Å². The van der Waals surface area contributed by atoms with Gasteiger partial charge in [0.25, 0.3) is 0 Å². The third-order valence-corrected chi connectivity index (χ3v) is 5.82. The van der Waals surface area contributed by atoms with Crippen molar-refractivity contribution in [2.24, 2.45) is 0 Å². The molecule has 4 atom stereocenters. The molecule has 0 unspecified atom stereocenters. The maximum atomic E-state index is 12.8. The van der Waals surface area contributed by atoms with Crippen molar-refractivity contribution in [2.75, 3.05) is 12.3 Å². The Labute approximate surface area is 209 Å². The fourth-order valence-corrected chi connectivity index (χ4v) is 4.06. The van der Waals surface area contributed by atoms with Crippen molar-refractivity contribution in [1.29, 1.82) is 0 Å². The number of hydrogen-bond acceptors (Lipinski definition) is 10. The second-order valence-electron chi connectivity index (χ2n) is 7.96. The molecular weight excluding hydrogens is 490 g/mol. The highest BCUT2D eigenvalue weighted by Gasteiger charge is 2.48. The first-order chi connectivity index (χ1) is 17.4. The Bertz CT molecular complexity index is 1400. The van der Waals surface area contributed by atoms with Crippen LogP contribution in [0.4, 0.5) is 5.82 Å². The van der Waals surface area contributed by atoms with Crippen molar-refractivity contribution in [3.8, 4) is 0 Å². The first kappa shape index (κ1) is 23.7. The van der Waals surface area contributed by atoms with Crippen molar-refractivity contribution < 1.29 is 28.9 Å². The molecule has 5 rings (SSSR count). The maximum absolute atomic E-state index is 12.8. The van der Waals surface area contributed by atoms with Gasteiger partial charge >= 0.3 is 11.9 Å². The van der Waals surface area contributed by atoms with Gasteiger partial charge in [0.2, 0.25) is 5.28 Å². The number of nitrogen functional groups attached to an aromatic ring is 1. The van der Waals surface area contributed by atoms with E-state index in [9.17, 15) is 14.7 Å². The summed E-state index contributed by atoms with van der Waals surface area (Å²) in [5, 5.41) is 10.9.